The van der Waals surface area contributed by atoms with Crippen molar-refractivity contribution in [3.63, 3.8) is 0 Å². The van der Waals surface area contributed by atoms with Crippen molar-refractivity contribution in [2.24, 2.45) is 0 Å². The molecule has 0 aromatic carbocycles. The van der Waals surface area contributed by atoms with Gasteiger partial charge < -0.3 is 19.6 Å². The van der Waals surface area contributed by atoms with Gasteiger partial charge in [0.1, 0.15) is 18.0 Å². The Kier molecular flexibility index (Phi) is 5.81. The van der Waals surface area contributed by atoms with E-state index in [1.165, 1.54) is 25.6 Å². The highest BCUT2D eigenvalue weighted by molar-refractivity contribution is 5.57. The molecule has 2 aromatic rings. The van der Waals surface area contributed by atoms with Crippen LogP contribution in [-0.4, -0.2) is 70.7 Å². The minimum Gasteiger partial charge on any atom is -0.395 e. The Morgan fingerprint density at radius 2 is 2.08 bits per heavy atom. The van der Waals surface area contributed by atoms with Gasteiger partial charge in [-0.25, -0.2) is 0 Å². The molecule has 1 aliphatic heterocycles. The van der Waals surface area contributed by atoms with Crippen LogP contribution in [0.5, 0.6) is 0 Å². The highest BCUT2D eigenvalue weighted by atomic mass is 16.5. The largest absolute Gasteiger partial charge is 0.395 e. The van der Waals surface area contributed by atoms with Gasteiger partial charge in [-0.15, -0.1) is 0 Å². The summed E-state index contributed by atoms with van der Waals surface area (Å²) in [5, 5.41) is 13.7. The summed E-state index contributed by atoms with van der Waals surface area (Å²) < 4.78 is 7.21. The first kappa shape index (κ1) is 16.9. The fraction of sp³-hybridized carbons (Fsp3) is 0.688. The molecule has 2 aromatic heterocycles. The van der Waals surface area contributed by atoms with Crippen LogP contribution in [0, 0.1) is 0 Å². The fourth-order valence-corrected chi connectivity index (χ4v) is 3.08. The van der Waals surface area contributed by atoms with E-state index < -0.39 is 0 Å². The number of rotatable bonds is 8. The third-order valence-electron chi connectivity index (χ3n) is 4.30. The summed E-state index contributed by atoms with van der Waals surface area (Å²) in [6.07, 6.45) is 5.19. The summed E-state index contributed by atoms with van der Waals surface area (Å²) >= 11 is 0. The lowest BCUT2D eigenvalue weighted by Gasteiger charge is -2.30. The van der Waals surface area contributed by atoms with Crippen molar-refractivity contribution in [2.75, 3.05) is 55.8 Å². The Balaban J connectivity index is 1.92. The lowest BCUT2D eigenvalue weighted by molar-refractivity contribution is 0.152. The SMILES string of the molecule is CCOCCN(CCO)c1cc(N2CCCCC2)nc2ncnn12. The molecule has 0 unspecified atom stereocenters. The van der Waals surface area contributed by atoms with E-state index in [1.54, 1.807) is 4.52 Å². The zero-order valence-corrected chi connectivity index (χ0v) is 14.3. The average Bonchev–Trinajstić information content (AvgIpc) is 3.10. The van der Waals surface area contributed by atoms with Crippen molar-refractivity contribution >= 4 is 17.4 Å². The van der Waals surface area contributed by atoms with Crippen LogP contribution >= 0.6 is 0 Å². The van der Waals surface area contributed by atoms with Gasteiger partial charge in [-0.2, -0.15) is 19.6 Å². The van der Waals surface area contributed by atoms with Gasteiger partial charge in [0, 0.05) is 38.9 Å². The van der Waals surface area contributed by atoms with Crippen molar-refractivity contribution in [1.82, 2.24) is 19.6 Å². The molecule has 0 amide bonds. The molecule has 0 spiro atoms. The van der Waals surface area contributed by atoms with E-state index in [0.717, 1.165) is 24.7 Å². The number of fused-ring (bicyclic) bond motifs is 1. The molecule has 1 N–H and O–H groups in total. The number of hydrogen-bond acceptors (Lipinski definition) is 7. The van der Waals surface area contributed by atoms with E-state index in [2.05, 4.69) is 30.9 Å². The number of nitrogens with zero attached hydrogens (tertiary/aromatic N) is 6. The first-order valence-corrected chi connectivity index (χ1v) is 8.72. The van der Waals surface area contributed by atoms with Gasteiger partial charge in [-0.05, 0) is 26.2 Å². The zero-order chi connectivity index (χ0) is 16.8. The van der Waals surface area contributed by atoms with Crippen molar-refractivity contribution < 1.29 is 9.84 Å². The molecular formula is C16H26N6O2. The number of aliphatic hydroxyl groups excluding tert-OH is 1. The van der Waals surface area contributed by atoms with Crippen LogP contribution in [0.2, 0.25) is 0 Å². The summed E-state index contributed by atoms with van der Waals surface area (Å²) in [6, 6.07) is 2.05. The van der Waals surface area contributed by atoms with Crippen LogP contribution in [0.4, 0.5) is 11.6 Å². The smallest absolute Gasteiger partial charge is 0.256 e. The number of aromatic nitrogens is 4. The quantitative estimate of drug-likeness (QED) is 0.720. The second-order valence-corrected chi connectivity index (χ2v) is 5.90. The van der Waals surface area contributed by atoms with E-state index in [1.807, 2.05) is 6.92 Å². The minimum absolute atomic E-state index is 0.0731. The predicted octanol–water partition coefficient (Wildman–Crippen LogP) is 0.950. The number of hydrogen-bond donors (Lipinski definition) is 1. The van der Waals surface area contributed by atoms with Crippen LogP contribution in [0.15, 0.2) is 12.4 Å². The summed E-state index contributed by atoms with van der Waals surface area (Å²) in [5.74, 6) is 2.42. The summed E-state index contributed by atoms with van der Waals surface area (Å²) in [7, 11) is 0. The molecule has 132 valence electrons. The van der Waals surface area contributed by atoms with Crippen molar-refractivity contribution in [1.29, 1.82) is 0 Å². The number of anilines is 2. The number of piperidine rings is 1. The Morgan fingerprint density at radius 1 is 1.25 bits per heavy atom. The molecule has 1 saturated heterocycles. The molecule has 8 heteroatoms. The molecular weight excluding hydrogens is 308 g/mol. The van der Waals surface area contributed by atoms with Crippen LogP contribution < -0.4 is 9.80 Å². The van der Waals surface area contributed by atoms with E-state index in [0.29, 0.717) is 32.1 Å². The normalized spacial score (nSPS) is 15.2. The predicted molar refractivity (Wildman–Crippen MR) is 92.6 cm³/mol. The summed E-state index contributed by atoms with van der Waals surface area (Å²) in [4.78, 5) is 13.3. The molecule has 0 radical (unpaired) electrons. The van der Waals surface area contributed by atoms with Gasteiger partial charge >= 0.3 is 0 Å². The number of ether oxygens (including phenoxy) is 1. The van der Waals surface area contributed by atoms with E-state index in [4.69, 9.17) is 4.74 Å². The molecule has 0 bridgehead atoms. The molecule has 0 aliphatic carbocycles. The second kappa shape index (κ2) is 8.25. The maximum atomic E-state index is 9.44. The summed E-state index contributed by atoms with van der Waals surface area (Å²) in [5.41, 5.74) is 0. The molecule has 3 heterocycles. The van der Waals surface area contributed by atoms with Gasteiger partial charge in [0.15, 0.2) is 0 Å². The average molecular weight is 334 g/mol. The monoisotopic (exact) mass is 334 g/mol. The van der Waals surface area contributed by atoms with E-state index >= 15 is 0 Å². The Bertz CT molecular complexity index is 641. The zero-order valence-electron chi connectivity index (χ0n) is 14.3. The highest BCUT2D eigenvalue weighted by Crippen LogP contribution is 2.24. The van der Waals surface area contributed by atoms with Crippen LogP contribution in [-0.2, 0) is 4.74 Å². The third-order valence-corrected chi connectivity index (χ3v) is 4.30. The highest BCUT2D eigenvalue weighted by Gasteiger charge is 2.18. The Hall–Kier alpha value is -1.93. The first-order chi connectivity index (χ1) is 11.8. The topological polar surface area (TPSA) is 79.0 Å². The fourth-order valence-electron chi connectivity index (χ4n) is 3.08. The van der Waals surface area contributed by atoms with Gasteiger partial charge in [-0.3, -0.25) is 0 Å². The lowest BCUT2D eigenvalue weighted by Crippen LogP contribution is -2.34. The molecule has 3 rings (SSSR count). The van der Waals surface area contributed by atoms with Crippen molar-refractivity contribution in [3.05, 3.63) is 12.4 Å². The Labute approximate surface area is 142 Å². The molecule has 0 atom stereocenters. The Morgan fingerprint density at radius 3 is 2.83 bits per heavy atom. The standard InChI is InChI=1S/C16H26N6O2/c1-2-24-11-9-21(8-10-23)15-12-14(20-6-4-3-5-7-20)19-16-17-13-18-22(15)16/h12-13,23H,2-11H2,1H3. The molecule has 8 nitrogen and oxygen atoms in total. The van der Waals surface area contributed by atoms with E-state index in [9.17, 15) is 5.11 Å². The van der Waals surface area contributed by atoms with Gasteiger partial charge in [0.05, 0.1) is 13.2 Å². The second-order valence-electron chi connectivity index (χ2n) is 5.90. The van der Waals surface area contributed by atoms with Crippen molar-refractivity contribution in [3.8, 4) is 0 Å². The maximum Gasteiger partial charge on any atom is 0.256 e. The van der Waals surface area contributed by atoms with Crippen LogP contribution in [0.3, 0.4) is 0 Å². The number of aliphatic hydroxyl groups is 1. The van der Waals surface area contributed by atoms with Crippen LogP contribution in [0.1, 0.15) is 26.2 Å². The van der Waals surface area contributed by atoms with Gasteiger partial charge in [0.2, 0.25) is 0 Å². The van der Waals surface area contributed by atoms with Gasteiger partial charge in [0.25, 0.3) is 5.78 Å². The third kappa shape index (κ3) is 3.76. The molecule has 1 aliphatic rings. The lowest BCUT2D eigenvalue weighted by atomic mass is 10.1. The van der Waals surface area contributed by atoms with Crippen LogP contribution in [0.25, 0.3) is 5.78 Å². The maximum absolute atomic E-state index is 9.44. The minimum atomic E-state index is 0.0731. The molecule has 0 saturated carbocycles. The molecule has 24 heavy (non-hydrogen) atoms. The molecule has 1 fully saturated rings. The van der Waals surface area contributed by atoms with Crippen molar-refractivity contribution in [2.45, 2.75) is 26.2 Å². The van der Waals surface area contributed by atoms with Gasteiger partial charge in [-0.1, -0.05) is 0 Å². The first-order valence-electron chi connectivity index (χ1n) is 8.72. The summed E-state index contributed by atoms with van der Waals surface area (Å²) in [6.45, 7) is 6.59. The van der Waals surface area contributed by atoms with E-state index in [-0.39, 0.29) is 6.61 Å².